The van der Waals surface area contributed by atoms with Crippen LogP contribution in [0.4, 0.5) is 0 Å². The molecule has 0 bridgehead atoms. The molecule has 0 amide bonds. The zero-order valence-corrected chi connectivity index (χ0v) is 7.97. The molecule has 66 valence electrons. The van der Waals surface area contributed by atoms with E-state index in [4.69, 9.17) is 0 Å². The maximum Gasteiger partial charge on any atom is 0.0861 e. The summed E-state index contributed by atoms with van der Waals surface area (Å²) in [5.74, 6) is 0.884. The van der Waals surface area contributed by atoms with Gasteiger partial charge in [0.05, 0.1) is 12.6 Å². The highest BCUT2D eigenvalue weighted by Crippen LogP contribution is 2.10. The summed E-state index contributed by atoms with van der Waals surface area (Å²) in [6, 6.07) is 0.942. The van der Waals surface area contributed by atoms with Crippen LogP contribution in [0.25, 0.3) is 0 Å². The summed E-state index contributed by atoms with van der Waals surface area (Å²) in [4.78, 5) is 0. The third kappa shape index (κ3) is 3.76. The van der Waals surface area contributed by atoms with Gasteiger partial charge in [-0.15, -0.1) is 0 Å². The van der Waals surface area contributed by atoms with Crippen molar-refractivity contribution in [1.29, 1.82) is 0 Å². The smallest absolute Gasteiger partial charge is 0.0861 e. The molecule has 1 fully saturated rings. The quantitative estimate of drug-likeness (QED) is 0.624. The van der Waals surface area contributed by atoms with Crippen molar-refractivity contribution in [1.82, 2.24) is 0 Å². The molecular weight excluding hydrogens is 134 g/mol. The molecule has 0 aromatic rings. The Hall–Kier alpha value is -0.0400. The van der Waals surface area contributed by atoms with Gasteiger partial charge in [-0.1, -0.05) is 13.8 Å². The Balaban J connectivity index is 2.20. The third-order valence-corrected chi connectivity index (χ3v) is 2.55. The van der Waals surface area contributed by atoms with Gasteiger partial charge in [-0.05, 0) is 31.6 Å². The SMILES string of the molecule is CC(C)C[C@@H]1CCCCC[NH2+]1. The van der Waals surface area contributed by atoms with E-state index in [9.17, 15) is 0 Å². The third-order valence-electron chi connectivity index (χ3n) is 2.55. The molecule has 0 aliphatic carbocycles. The second kappa shape index (κ2) is 4.76. The van der Waals surface area contributed by atoms with E-state index in [1.54, 1.807) is 0 Å². The Morgan fingerprint density at radius 1 is 1.27 bits per heavy atom. The maximum atomic E-state index is 2.56. The van der Waals surface area contributed by atoms with E-state index in [1.807, 2.05) is 0 Å². The highest BCUT2D eigenvalue weighted by atomic mass is 14.9. The number of nitrogens with two attached hydrogens (primary N) is 1. The molecule has 0 spiro atoms. The minimum absolute atomic E-state index is 0.884. The van der Waals surface area contributed by atoms with Crippen LogP contribution in [0, 0.1) is 5.92 Å². The second-order valence-corrected chi connectivity index (χ2v) is 4.26. The molecule has 1 aliphatic heterocycles. The van der Waals surface area contributed by atoms with E-state index in [0.29, 0.717) is 0 Å². The lowest BCUT2D eigenvalue weighted by Gasteiger charge is -2.14. The average Bonchev–Trinajstić information content (AvgIpc) is 2.14. The van der Waals surface area contributed by atoms with E-state index in [-0.39, 0.29) is 0 Å². The normalized spacial score (nSPS) is 27.0. The van der Waals surface area contributed by atoms with Crippen molar-refractivity contribution in [3.05, 3.63) is 0 Å². The van der Waals surface area contributed by atoms with E-state index in [1.165, 1.54) is 38.6 Å². The molecule has 0 aromatic carbocycles. The number of quaternary nitrogens is 1. The Kier molecular flexibility index (Phi) is 3.92. The molecule has 1 heterocycles. The molecule has 1 rings (SSSR count). The topological polar surface area (TPSA) is 16.6 Å². The first-order valence-electron chi connectivity index (χ1n) is 5.12. The Labute approximate surface area is 70.6 Å². The first-order valence-corrected chi connectivity index (χ1v) is 5.12. The summed E-state index contributed by atoms with van der Waals surface area (Å²) in [7, 11) is 0. The predicted octanol–water partition coefficient (Wildman–Crippen LogP) is 1.54. The minimum atomic E-state index is 0.884. The van der Waals surface area contributed by atoms with Gasteiger partial charge in [0.1, 0.15) is 0 Å². The van der Waals surface area contributed by atoms with Gasteiger partial charge in [-0.2, -0.15) is 0 Å². The lowest BCUT2D eigenvalue weighted by atomic mass is 10.0. The van der Waals surface area contributed by atoms with Gasteiger partial charge in [-0.3, -0.25) is 0 Å². The summed E-state index contributed by atoms with van der Waals surface area (Å²) in [6.45, 7) is 6.04. The van der Waals surface area contributed by atoms with Gasteiger partial charge in [-0.25, -0.2) is 0 Å². The number of hydrogen-bond acceptors (Lipinski definition) is 0. The van der Waals surface area contributed by atoms with Gasteiger partial charge in [0.25, 0.3) is 0 Å². The molecule has 0 radical (unpaired) electrons. The fraction of sp³-hybridized carbons (Fsp3) is 1.00. The largest absolute Gasteiger partial charge is 0.344 e. The van der Waals surface area contributed by atoms with Crippen molar-refractivity contribution in [3.8, 4) is 0 Å². The van der Waals surface area contributed by atoms with Crippen LogP contribution < -0.4 is 5.32 Å². The van der Waals surface area contributed by atoms with Crippen LogP contribution in [-0.2, 0) is 0 Å². The minimum Gasteiger partial charge on any atom is -0.344 e. The molecule has 1 aliphatic rings. The zero-order valence-electron chi connectivity index (χ0n) is 7.97. The molecule has 0 saturated carbocycles. The van der Waals surface area contributed by atoms with E-state index in [2.05, 4.69) is 19.2 Å². The van der Waals surface area contributed by atoms with Crippen molar-refractivity contribution in [2.75, 3.05) is 6.54 Å². The van der Waals surface area contributed by atoms with Gasteiger partial charge < -0.3 is 5.32 Å². The highest BCUT2D eigenvalue weighted by Gasteiger charge is 2.15. The molecule has 0 unspecified atom stereocenters. The molecular formula is C10H22N+. The van der Waals surface area contributed by atoms with Crippen molar-refractivity contribution in [3.63, 3.8) is 0 Å². The first-order chi connectivity index (χ1) is 5.29. The van der Waals surface area contributed by atoms with E-state index in [0.717, 1.165) is 12.0 Å². The molecule has 2 N–H and O–H groups in total. The van der Waals surface area contributed by atoms with E-state index < -0.39 is 0 Å². The van der Waals surface area contributed by atoms with Crippen LogP contribution >= 0.6 is 0 Å². The second-order valence-electron chi connectivity index (χ2n) is 4.26. The first kappa shape index (κ1) is 9.05. The van der Waals surface area contributed by atoms with Gasteiger partial charge in [0.2, 0.25) is 0 Å². The molecule has 11 heavy (non-hydrogen) atoms. The lowest BCUT2D eigenvalue weighted by Crippen LogP contribution is -2.89. The van der Waals surface area contributed by atoms with Gasteiger partial charge >= 0.3 is 0 Å². The molecule has 1 atom stereocenters. The zero-order chi connectivity index (χ0) is 8.10. The molecule has 1 heteroatoms. The van der Waals surface area contributed by atoms with Crippen molar-refractivity contribution < 1.29 is 5.32 Å². The van der Waals surface area contributed by atoms with Gasteiger partial charge in [0, 0.05) is 6.42 Å². The van der Waals surface area contributed by atoms with Crippen molar-refractivity contribution in [2.24, 2.45) is 5.92 Å². The van der Waals surface area contributed by atoms with Crippen LogP contribution in [-0.4, -0.2) is 12.6 Å². The summed E-state index contributed by atoms with van der Waals surface area (Å²) < 4.78 is 0. The summed E-state index contributed by atoms with van der Waals surface area (Å²) in [5, 5.41) is 2.56. The molecule has 0 aromatic heterocycles. The summed E-state index contributed by atoms with van der Waals surface area (Å²) in [6.07, 6.45) is 7.24. The standard InChI is InChI=1S/C10H21N/c1-9(2)8-10-6-4-3-5-7-11-10/h9-11H,3-8H2,1-2H3/p+1/t10-/m0/s1. The Morgan fingerprint density at radius 2 is 2.09 bits per heavy atom. The van der Waals surface area contributed by atoms with Crippen LogP contribution in [0.5, 0.6) is 0 Å². The molecule has 1 saturated heterocycles. The molecule has 1 nitrogen and oxygen atoms in total. The van der Waals surface area contributed by atoms with Crippen LogP contribution in [0.1, 0.15) is 46.0 Å². The van der Waals surface area contributed by atoms with Crippen LogP contribution in [0.3, 0.4) is 0 Å². The Bertz CT molecular complexity index is 91.0. The fourth-order valence-corrected chi connectivity index (χ4v) is 2.02. The Morgan fingerprint density at radius 3 is 2.82 bits per heavy atom. The van der Waals surface area contributed by atoms with Crippen LogP contribution in [0.2, 0.25) is 0 Å². The maximum absolute atomic E-state index is 2.56. The lowest BCUT2D eigenvalue weighted by molar-refractivity contribution is -0.689. The average molecular weight is 156 g/mol. The van der Waals surface area contributed by atoms with E-state index >= 15 is 0 Å². The van der Waals surface area contributed by atoms with Crippen molar-refractivity contribution in [2.45, 2.75) is 52.0 Å². The van der Waals surface area contributed by atoms with Crippen molar-refractivity contribution >= 4 is 0 Å². The summed E-state index contributed by atoms with van der Waals surface area (Å²) in [5.41, 5.74) is 0. The number of hydrogen-bond donors (Lipinski definition) is 1. The van der Waals surface area contributed by atoms with Gasteiger partial charge in [0.15, 0.2) is 0 Å². The predicted molar refractivity (Wildman–Crippen MR) is 48.5 cm³/mol. The summed E-state index contributed by atoms with van der Waals surface area (Å²) >= 11 is 0. The monoisotopic (exact) mass is 156 g/mol. The number of rotatable bonds is 2. The van der Waals surface area contributed by atoms with Crippen LogP contribution in [0.15, 0.2) is 0 Å². The fourth-order valence-electron chi connectivity index (χ4n) is 2.02. The highest BCUT2D eigenvalue weighted by molar-refractivity contribution is 4.60.